The quantitative estimate of drug-likeness (QED) is 0.0692. The third-order valence-corrected chi connectivity index (χ3v) is 4.77. The maximum absolute atomic E-state index is 13.9. The highest BCUT2D eigenvalue weighted by molar-refractivity contribution is 5.90. The number of aliphatic hydroxyl groups is 1. The summed E-state index contributed by atoms with van der Waals surface area (Å²) in [4.78, 5) is 13.9. The zero-order valence-corrected chi connectivity index (χ0v) is 17.0. The predicted molar refractivity (Wildman–Crippen MR) is 103 cm³/mol. The molecule has 10 heteroatoms. The van der Waals surface area contributed by atoms with Gasteiger partial charge in [0, 0.05) is 11.5 Å². The number of esters is 1. The summed E-state index contributed by atoms with van der Waals surface area (Å²) in [7, 11) is 0. The largest absolute Gasteiger partial charge is 0.462 e. The van der Waals surface area contributed by atoms with Gasteiger partial charge in [0.2, 0.25) is 0 Å². The second-order valence-electron chi connectivity index (χ2n) is 7.19. The van der Waals surface area contributed by atoms with Crippen LogP contribution in [-0.4, -0.2) is 24.3 Å². The molecule has 0 spiro atoms. The van der Waals surface area contributed by atoms with Crippen LogP contribution in [0.1, 0.15) is 75.1 Å². The second-order valence-corrected chi connectivity index (χ2v) is 7.19. The van der Waals surface area contributed by atoms with Crippen LogP contribution >= 0.6 is 0 Å². The van der Waals surface area contributed by atoms with Crippen LogP contribution in [-0.2, 0) is 4.74 Å². The van der Waals surface area contributed by atoms with E-state index in [0.717, 1.165) is 51.4 Å². The molecule has 0 amide bonds. The molecule has 0 heterocycles. The van der Waals surface area contributed by atoms with Crippen LogP contribution in [0.3, 0.4) is 0 Å². The van der Waals surface area contributed by atoms with Gasteiger partial charge in [-0.25, -0.2) is 22.4 Å². The highest BCUT2D eigenvalue weighted by atomic mass is 19.2. The summed E-state index contributed by atoms with van der Waals surface area (Å²) in [6, 6.07) is 0. The highest BCUT2D eigenvalue weighted by Crippen LogP contribution is 2.30. The van der Waals surface area contributed by atoms with Crippen LogP contribution in [0.15, 0.2) is 5.11 Å². The van der Waals surface area contributed by atoms with E-state index in [9.17, 15) is 22.4 Å². The van der Waals surface area contributed by atoms with Crippen molar-refractivity contribution in [2.24, 2.45) is 11.0 Å². The lowest BCUT2D eigenvalue weighted by molar-refractivity contribution is 0.0483. The Morgan fingerprint density at radius 1 is 0.967 bits per heavy atom. The maximum Gasteiger partial charge on any atom is 0.344 e. The van der Waals surface area contributed by atoms with E-state index in [1.54, 1.807) is 0 Å². The number of rotatable bonds is 14. The van der Waals surface area contributed by atoms with Gasteiger partial charge in [-0.05, 0) is 30.7 Å². The van der Waals surface area contributed by atoms with Crippen molar-refractivity contribution in [3.05, 3.63) is 39.3 Å². The normalized spacial score (nSPS) is 11.8. The Kier molecular flexibility index (Phi) is 11.8. The first-order chi connectivity index (χ1) is 14.3. The number of hydrogen-bond donors (Lipinski definition) is 1. The van der Waals surface area contributed by atoms with Crippen molar-refractivity contribution >= 4 is 11.7 Å². The van der Waals surface area contributed by atoms with Gasteiger partial charge in [-0.15, -0.1) is 0 Å². The van der Waals surface area contributed by atoms with Gasteiger partial charge in [0.25, 0.3) is 0 Å². The summed E-state index contributed by atoms with van der Waals surface area (Å²) in [5.74, 6) is -8.88. The zero-order chi connectivity index (χ0) is 22.5. The first-order valence-corrected chi connectivity index (χ1v) is 10.0. The second kappa shape index (κ2) is 13.8. The Morgan fingerprint density at radius 3 is 2.07 bits per heavy atom. The van der Waals surface area contributed by atoms with Crippen molar-refractivity contribution in [3.63, 3.8) is 0 Å². The molecule has 6 nitrogen and oxygen atoms in total. The lowest BCUT2D eigenvalue weighted by Crippen LogP contribution is -2.14. The van der Waals surface area contributed by atoms with Crippen molar-refractivity contribution < 1.29 is 32.2 Å². The van der Waals surface area contributed by atoms with E-state index in [-0.39, 0.29) is 13.2 Å². The Hall–Kier alpha value is -2.32. The minimum absolute atomic E-state index is 0.146. The van der Waals surface area contributed by atoms with Crippen LogP contribution in [0.4, 0.5) is 23.2 Å². The van der Waals surface area contributed by atoms with E-state index in [0.29, 0.717) is 12.3 Å². The molecule has 0 radical (unpaired) electrons. The number of ether oxygens (including phenoxy) is 1. The number of carbonyl (C=O) groups excluding carboxylic acids is 1. The van der Waals surface area contributed by atoms with Crippen molar-refractivity contribution in [2.45, 2.75) is 64.7 Å². The molecule has 1 atom stereocenters. The molecular formula is C20H27F4N3O3. The van der Waals surface area contributed by atoms with Crippen LogP contribution < -0.4 is 0 Å². The van der Waals surface area contributed by atoms with Gasteiger partial charge in [0.1, 0.15) is 11.3 Å². The summed E-state index contributed by atoms with van der Waals surface area (Å²) in [6.45, 7) is 2.19. The third kappa shape index (κ3) is 7.84. The van der Waals surface area contributed by atoms with Crippen LogP contribution in [0, 0.1) is 29.2 Å². The smallest absolute Gasteiger partial charge is 0.344 e. The minimum atomic E-state index is -1.96. The topological polar surface area (TPSA) is 95.3 Å². The molecule has 168 valence electrons. The van der Waals surface area contributed by atoms with Gasteiger partial charge in [0.15, 0.2) is 23.3 Å². The summed E-state index contributed by atoms with van der Waals surface area (Å²) >= 11 is 0. The van der Waals surface area contributed by atoms with Gasteiger partial charge in [0.05, 0.1) is 6.61 Å². The molecule has 0 saturated heterocycles. The fourth-order valence-electron chi connectivity index (χ4n) is 3.04. The van der Waals surface area contributed by atoms with Crippen molar-refractivity contribution in [1.82, 2.24) is 0 Å². The molecule has 1 unspecified atom stereocenters. The Morgan fingerprint density at radius 2 is 1.50 bits per heavy atom. The molecule has 0 aliphatic heterocycles. The average molecular weight is 433 g/mol. The van der Waals surface area contributed by atoms with E-state index in [1.165, 1.54) is 0 Å². The molecule has 1 rings (SSSR count). The van der Waals surface area contributed by atoms with E-state index in [4.69, 9.17) is 15.4 Å². The molecule has 1 N–H and O–H groups in total. The van der Waals surface area contributed by atoms with Gasteiger partial charge >= 0.3 is 5.97 Å². The summed E-state index contributed by atoms with van der Waals surface area (Å²) in [5, 5.41) is 11.3. The highest BCUT2D eigenvalue weighted by Gasteiger charge is 2.29. The van der Waals surface area contributed by atoms with Crippen molar-refractivity contribution in [1.29, 1.82) is 0 Å². The van der Waals surface area contributed by atoms with Crippen molar-refractivity contribution in [3.8, 4) is 0 Å². The molecule has 0 aliphatic rings. The maximum atomic E-state index is 13.9. The third-order valence-electron chi connectivity index (χ3n) is 4.77. The van der Waals surface area contributed by atoms with Crippen LogP contribution in [0.2, 0.25) is 0 Å². The number of carbonyl (C=O) groups is 1. The number of hydrogen-bond acceptors (Lipinski definition) is 4. The minimum Gasteiger partial charge on any atom is -0.462 e. The predicted octanol–water partition coefficient (Wildman–Crippen LogP) is 6.48. The Bertz CT molecular complexity index is 726. The van der Waals surface area contributed by atoms with Crippen LogP contribution in [0.25, 0.3) is 10.4 Å². The molecular weight excluding hydrogens is 406 g/mol. The number of aliphatic hydroxyl groups excluding tert-OH is 1. The summed E-state index contributed by atoms with van der Waals surface area (Å²) in [6.07, 6.45) is 8.29. The van der Waals surface area contributed by atoms with E-state index < -0.39 is 40.5 Å². The molecule has 1 aromatic rings. The molecule has 0 bridgehead atoms. The van der Waals surface area contributed by atoms with E-state index in [1.807, 2.05) is 0 Å². The van der Waals surface area contributed by atoms with Crippen molar-refractivity contribution in [2.75, 3.05) is 13.2 Å². The summed E-state index contributed by atoms with van der Waals surface area (Å²) < 4.78 is 59.9. The molecule has 0 aromatic heterocycles. The molecule has 1 aromatic carbocycles. The van der Waals surface area contributed by atoms with Gasteiger partial charge in [-0.2, -0.15) is 0 Å². The van der Waals surface area contributed by atoms with Gasteiger partial charge < -0.3 is 9.84 Å². The number of benzene rings is 1. The number of unbranched alkanes of at least 4 members (excludes halogenated alkanes) is 5. The molecule has 0 aliphatic carbocycles. The standard InChI is InChI=1S/C20H27F4N3O3/c1-13(9-5-3-2-4-7-11-28)10-6-8-12-30-20(29)14-15(21)17(23)19(26-27-25)18(24)16(14)22/h13,28H,2-12H2,1H3. The lowest BCUT2D eigenvalue weighted by atomic mass is 9.97. The van der Waals surface area contributed by atoms with Gasteiger partial charge in [-0.3, -0.25) is 0 Å². The molecule has 30 heavy (non-hydrogen) atoms. The zero-order valence-electron chi connectivity index (χ0n) is 17.0. The van der Waals surface area contributed by atoms with Crippen LogP contribution in [0.5, 0.6) is 0 Å². The summed E-state index contributed by atoms with van der Waals surface area (Å²) in [5.41, 5.74) is 5.24. The van der Waals surface area contributed by atoms with Gasteiger partial charge in [-0.1, -0.05) is 50.6 Å². The fourth-order valence-corrected chi connectivity index (χ4v) is 3.04. The van der Waals surface area contributed by atoms with E-state index >= 15 is 0 Å². The Labute approximate surface area is 172 Å². The average Bonchev–Trinajstić information content (AvgIpc) is 2.72. The number of nitrogens with zero attached hydrogens (tertiary/aromatic N) is 3. The number of azide groups is 1. The fraction of sp³-hybridized carbons (Fsp3) is 0.650. The monoisotopic (exact) mass is 433 g/mol. The molecule has 0 saturated carbocycles. The molecule has 0 fully saturated rings. The van der Waals surface area contributed by atoms with E-state index in [2.05, 4.69) is 16.9 Å². The lowest BCUT2D eigenvalue weighted by Gasteiger charge is -2.12. The number of halogens is 4. The Balaban J connectivity index is 2.41. The SMILES string of the molecule is CC(CCCCCCCO)CCCCOC(=O)c1c(F)c(F)c(N=[N+]=[N-])c(F)c1F. The first-order valence-electron chi connectivity index (χ1n) is 10.0. The first kappa shape index (κ1) is 25.7.